The molecule has 0 amide bonds. The van der Waals surface area contributed by atoms with Crippen molar-refractivity contribution in [1.82, 2.24) is 9.78 Å². The van der Waals surface area contributed by atoms with E-state index in [1.165, 1.54) is 19.1 Å². The summed E-state index contributed by atoms with van der Waals surface area (Å²) in [6, 6.07) is 0. The summed E-state index contributed by atoms with van der Waals surface area (Å²) in [4.78, 5) is 0. The molecule has 1 aliphatic rings. The topological polar surface area (TPSA) is 59.6 Å². The average molecular weight is 251 g/mol. The Labute approximate surface area is 107 Å². The Morgan fingerprint density at radius 2 is 2.06 bits per heavy atom. The maximum Gasteiger partial charge on any atom is 0.221 e. The number of aromatic nitrogens is 2. The van der Waals surface area contributed by atoms with E-state index in [-0.39, 0.29) is 6.10 Å². The van der Waals surface area contributed by atoms with Crippen molar-refractivity contribution in [2.75, 3.05) is 0 Å². The largest absolute Gasteiger partial charge is 0.474 e. The first-order valence-corrected chi connectivity index (χ1v) is 6.49. The second kappa shape index (κ2) is 5.42. The van der Waals surface area contributed by atoms with Crippen molar-refractivity contribution in [2.45, 2.75) is 45.6 Å². The van der Waals surface area contributed by atoms with Crippen LogP contribution in [0.3, 0.4) is 0 Å². The van der Waals surface area contributed by atoms with E-state index < -0.39 is 0 Å². The Morgan fingerprint density at radius 3 is 2.67 bits per heavy atom. The van der Waals surface area contributed by atoms with Gasteiger partial charge in [-0.1, -0.05) is 12.1 Å². The summed E-state index contributed by atoms with van der Waals surface area (Å²) in [6.07, 6.45) is 6.24. The molecule has 1 N–H and O–H groups in total. The number of ether oxygens (including phenoxy) is 1. The Kier molecular flexibility index (Phi) is 3.89. The third-order valence-corrected chi connectivity index (χ3v) is 3.64. The summed E-state index contributed by atoms with van der Waals surface area (Å²) in [5, 5.41) is 16.1. The smallest absolute Gasteiger partial charge is 0.221 e. The molecule has 100 valence electrons. The molecule has 0 atom stereocenters. The minimum Gasteiger partial charge on any atom is -0.474 e. The molecule has 0 saturated heterocycles. The van der Waals surface area contributed by atoms with Crippen LogP contribution in [-0.2, 0) is 7.05 Å². The Morgan fingerprint density at radius 1 is 1.39 bits per heavy atom. The molecule has 1 aromatic rings. The molecule has 0 unspecified atom stereocenters. The van der Waals surface area contributed by atoms with Crippen molar-refractivity contribution in [3.63, 3.8) is 0 Å². The molecular formula is C13H21N3O2. The van der Waals surface area contributed by atoms with Crippen LogP contribution in [0.4, 0.5) is 0 Å². The quantitative estimate of drug-likeness (QED) is 0.510. The average Bonchev–Trinajstić information content (AvgIpc) is 2.59. The highest BCUT2D eigenvalue weighted by atomic mass is 16.5. The van der Waals surface area contributed by atoms with Crippen LogP contribution in [0.1, 0.15) is 43.9 Å². The summed E-state index contributed by atoms with van der Waals surface area (Å²) in [5.41, 5.74) is 1.58. The van der Waals surface area contributed by atoms with Crippen LogP contribution in [0.25, 0.3) is 0 Å². The van der Waals surface area contributed by atoms with Crippen LogP contribution in [0, 0.1) is 12.8 Å². The number of hydrogen-bond donors (Lipinski definition) is 1. The first-order chi connectivity index (χ1) is 8.61. The zero-order chi connectivity index (χ0) is 13.1. The standard InChI is InChI=1S/C13H21N3O2/c1-9-4-6-11(7-5-9)18-13-12(8-14-17)10(2)15-16(13)3/h8-9,11,17H,4-7H2,1-3H3/b14-8+. The normalized spacial score (nSPS) is 24.6. The number of hydrogen-bond acceptors (Lipinski definition) is 4. The number of rotatable bonds is 3. The molecule has 0 bridgehead atoms. The molecule has 5 nitrogen and oxygen atoms in total. The van der Waals surface area contributed by atoms with Crippen molar-refractivity contribution in [2.24, 2.45) is 18.1 Å². The molecule has 1 heterocycles. The third kappa shape index (κ3) is 2.66. The van der Waals surface area contributed by atoms with Gasteiger partial charge >= 0.3 is 0 Å². The van der Waals surface area contributed by atoms with Crippen molar-refractivity contribution in [3.05, 3.63) is 11.3 Å². The van der Waals surface area contributed by atoms with Crippen LogP contribution in [0.5, 0.6) is 5.88 Å². The molecule has 0 aromatic carbocycles. The van der Waals surface area contributed by atoms with Gasteiger partial charge in [0, 0.05) is 7.05 Å². The van der Waals surface area contributed by atoms with Gasteiger partial charge in [-0.2, -0.15) is 5.10 Å². The highest BCUT2D eigenvalue weighted by Gasteiger charge is 2.22. The zero-order valence-electron chi connectivity index (χ0n) is 11.3. The van der Waals surface area contributed by atoms with Gasteiger partial charge in [-0.25, -0.2) is 4.68 Å². The minimum atomic E-state index is 0.252. The molecule has 0 radical (unpaired) electrons. The van der Waals surface area contributed by atoms with E-state index in [1.54, 1.807) is 4.68 Å². The third-order valence-electron chi connectivity index (χ3n) is 3.64. The van der Waals surface area contributed by atoms with Crippen LogP contribution >= 0.6 is 0 Å². The monoisotopic (exact) mass is 251 g/mol. The first-order valence-electron chi connectivity index (χ1n) is 6.49. The lowest BCUT2D eigenvalue weighted by Gasteiger charge is -2.26. The van der Waals surface area contributed by atoms with Crippen LogP contribution in [-0.4, -0.2) is 27.3 Å². The van der Waals surface area contributed by atoms with E-state index in [0.717, 1.165) is 30.0 Å². The van der Waals surface area contributed by atoms with Gasteiger partial charge in [-0.05, 0) is 38.5 Å². The van der Waals surface area contributed by atoms with E-state index >= 15 is 0 Å². The van der Waals surface area contributed by atoms with Gasteiger partial charge in [0.2, 0.25) is 5.88 Å². The fourth-order valence-electron chi connectivity index (χ4n) is 2.50. The second-order valence-electron chi connectivity index (χ2n) is 5.17. The summed E-state index contributed by atoms with van der Waals surface area (Å²) >= 11 is 0. The van der Waals surface area contributed by atoms with Gasteiger partial charge in [0.05, 0.1) is 17.5 Å². The summed E-state index contributed by atoms with van der Waals surface area (Å²) in [7, 11) is 1.85. The molecule has 0 aliphatic heterocycles. The van der Waals surface area contributed by atoms with Gasteiger partial charge in [0.15, 0.2) is 0 Å². The van der Waals surface area contributed by atoms with E-state index in [2.05, 4.69) is 17.2 Å². The molecule has 5 heteroatoms. The number of aryl methyl sites for hydroxylation is 2. The second-order valence-corrected chi connectivity index (χ2v) is 5.17. The van der Waals surface area contributed by atoms with Crippen molar-refractivity contribution in [3.8, 4) is 5.88 Å². The predicted octanol–water partition coefficient (Wildman–Crippen LogP) is 2.49. The zero-order valence-corrected chi connectivity index (χ0v) is 11.3. The molecule has 1 aliphatic carbocycles. The maximum atomic E-state index is 8.70. The number of nitrogens with zero attached hydrogens (tertiary/aromatic N) is 3. The lowest BCUT2D eigenvalue weighted by Crippen LogP contribution is -2.24. The summed E-state index contributed by atoms with van der Waals surface area (Å²) in [5.74, 6) is 1.50. The predicted molar refractivity (Wildman–Crippen MR) is 69.4 cm³/mol. The lowest BCUT2D eigenvalue weighted by molar-refractivity contribution is 0.124. The highest BCUT2D eigenvalue weighted by Crippen LogP contribution is 2.29. The summed E-state index contributed by atoms with van der Waals surface area (Å²) in [6.45, 7) is 4.17. The number of oxime groups is 1. The van der Waals surface area contributed by atoms with Crippen molar-refractivity contribution < 1.29 is 9.94 Å². The van der Waals surface area contributed by atoms with E-state index in [9.17, 15) is 0 Å². The van der Waals surface area contributed by atoms with Gasteiger partial charge in [-0.15, -0.1) is 0 Å². The molecule has 1 aromatic heterocycles. The van der Waals surface area contributed by atoms with Gasteiger partial charge < -0.3 is 9.94 Å². The van der Waals surface area contributed by atoms with Crippen LogP contribution < -0.4 is 4.74 Å². The van der Waals surface area contributed by atoms with Gasteiger partial charge in [0.25, 0.3) is 0 Å². The maximum absolute atomic E-state index is 8.70. The minimum absolute atomic E-state index is 0.252. The van der Waals surface area contributed by atoms with Crippen LogP contribution in [0.15, 0.2) is 5.16 Å². The molecule has 1 fully saturated rings. The Bertz CT molecular complexity index is 432. The molecule has 1 saturated carbocycles. The summed E-state index contributed by atoms with van der Waals surface area (Å²) < 4.78 is 7.75. The molecule has 18 heavy (non-hydrogen) atoms. The van der Waals surface area contributed by atoms with E-state index in [4.69, 9.17) is 9.94 Å². The van der Waals surface area contributed by atoms with Crippen molar-refractivity contribution in [1.29, 1.82) is 0 Å². The van der Waals surface area contributed by atoms with Crippen LogP contribution in [0.2, 0.25) is 0 Å². The highest BCUT2D eigenvalue weighted by molar-refractivity contribution is 5.83. The lowest BCUT2D eigenvalue weighted by atomic mass is 9.89. The van der Waals surface area contributed by atoms with E-state index in [0.29, 0.717) is 5.88 Å². The van der Waals surface area contributed by atoms with Crippen molar-refractivity contribution >= 4 is 6.21 Å². The van der Waals surface area contributed by atoms with E-state index in [1.807, 2.05) is 14.0 Å². The first kappa shape index (κ1) is 12.9. The van der Waals surface area contributed by atoms with Gasteiger partial charge in [-0.3, -0.25) is 0 Å². The van der Waals surface area contributed by atoms with Gasteiger partial charge in [0.1, 0.15) is 6.10 Å². The molecular weight excluding hydrogens is 230 g/mol. The molecule has 0 spiro atoms. The SMILES string of the molecule is Cc1nn(C)c(OC2CCC(C)CC2)c1/C=N/O. The Balaban J connectivity index is 2.13. The fraction of sp³-hybridized carbons (Fsp3) is 0.692. The Hall–Kier alpha value is -1.52. The molecule has 2 rings (SSSR count). The fourth-order valence-corrected chi connectivity index (χ4v) is 2.50.